The van der Waals surface area contributed by atoms with Gasteiger partial charge in [-0.2, -0.15) is 0 Å². The quantitative estimate of drug-likeness (QED) is 0.302. The van der Waals surface area contributed by atoms with Gasteiger partial charge in [0.15, 0.2) is 8.32 Å². The summed E-state index contributed by atoms with van der Waals surface area (Å²) in [6.45, 7) is 9.42. The van der Waals surface area contributed by atoms with Crippen molar-refractivity contribution in [2.24, 2.45) is 11.3 Å². The molecule has 0 bridgehead atoms. The summed E-state index contributed by atoms with van der Waals surface area (Å²) >= 11 is 0. The highest BCUT2D eigenvalue weighted by molar-refractivity contribution is 6.73. The van der Waals surface area contributed by atoms with Gasteiger partial charge in [-0.15, -0.1) is 0 Å². The molecule has 4 heteroatoms. The Bertz CT molecular complexity index is 475. The third-order valence-electron chi connectivity index (χ3n) is 7.23. The lowest BCUT2D eigenvalue weighted by Crippen LogP contribution is -2.47. The first-order valence-corrected chi connectivity index (χ1v) is 13.0. The molecule has 3 atom stereocenters. The summed E-state index contributed by atoms with van der Waals surface area (Å²) in [6, 6.07) is 3.70. The van der Waals surface area contributed by atoms with Crippen LogP contribution in [0.2, 0.25) is 18.1 Å². The number of allylic oxidation sites excluding steroid dienone is 2. The predicted octanol–water partition coefficient (Wildman–Crippen LogP) is 6.16. The average Bonchev–Trinajstić information content (AvgIpc) is 2.94. The van der Waals surface area contributed by atoms with E-state index in [1.54, 1.807) is 5.57 Å². The number of hydrogen-bond donors (Lipinski definition) is 1. The van der Waals surface area contributed by atoms with E-state index in [1.807, 2.05) is 0 Å². The van der Waals surface area contributed by atoms with Gasteiger partial charge in [-0.3, -0.25) is 4.79 Å². The predicted molar refractivity (Wildman–Crippen MR) is 106 cm³/mol. The molecule has 0 saturated heterocycles. The second kappa shape index (κ2) is 8.85. The molecular weight excluding hydrogens is 328 g/mol. The Balaban J connectivity index is 2.07. The van der Waals surface area contributed by atoms with Gasteiger partial charge in [0, 0.05) is 12.5 Å². The summed E-state index contributed by atoms with van der Waals surface area (Å²) in [5.41, 5.74) is 1.88. The lowest BCUT2D eigenvalue weighted by atomic mass is 9.66. The van der Waals surface area contributed by atoms with Crippen molar-refractivity contribution < 1.29 is 14.3 Å². The second-order valence-corrected chi connectivity index (χ2v) is 13.1. The van der Waals surface area contributed by atoms with Crippen LogP contribution in [0.3, 0.4) is 0 Å². The fourth-order valence-corrected chi connectivity index (χ4v) is 8.22. The summed E-state index contributed by atoms with van der Waals surface area (Å²) in [7, 11) is -1.55. The molecule has 0 radical (unpaired) electrons. The van der Waals surface area contributed by atoms with Gasteiger partial charge in [0.25, 0.3) is 0 Å². The van der Waals surface area contributed by atoms with Crippen molar-refractivity contribution >= 4 is 14.3 Å². The summed E-state index contributed by atoms with van der Waals surface area (Å²) in [6.07, 6.45) is 11.0. The number of rotatable bonds is 9. The Morgan fingerprint density at radius 3 is 2.56 bits per heavy atom. The molecule has 0 aromatic carbocycles. The molecule has 25 heavy (non-hydrogen) atoms. The number of fused-ring (bicyclic) bond motifs is 1. The van der Waals surface area contributed by atoms with Crippen LogP contribution in [0.1, 0.15) is 79.1 Å². The minimum atomic E-state index is -1.55. The van der Waals surface area contributed by atoms with Crippen molar-refractivity contribution in [3.63, 3.8) is 0 Å². The fraction of sp³-hybridized carbons (Fsp3) is 0.857. The normalized spacial score (nSPS) is 31.3. The topological polar surface area (TPSA) is 46.5 Å². The minimum Gasteiger partial charge on any atom is -0.481 e. The zero-order valence-corrected chi connectivity index (χ0v) is 17.8. The van der Waals surface area contributed by atoms with Gasteiger partial charge in [-0.05, 0) is 68.0 Å². The first-order valence-electron chi connectivity index (χ1n) is 10.5. The van der Waals surface area contributed by atoms with Crippen LogP contribution < -0.4 is 0 Å². The largest absolute Gasteiger partial charge is 0.481 e. The van der Waals surface area contributed by atoms with Gasteiger partial charge in [0.2, 0.25) is 0 Å². The second-order valence-electron chi connectivity index (χ2n) is 8.37. The van der Waals surface area contributed by atoms with Crippen molar-refractivity contribution in [2.75, 3.05) is 0 Å². The maximum absolute atomic E-state index is 10.7. The highest BCUT2D eigenvalue weighted by Gasteiger charge is 2.50. The summed E-state index contributed by atoms with van der Waals surface area (Å²) in [5, 5.41) is 8.82. The van der Waals surface area contributed by atoms with Crippen LogP contribution >= 0.6 is 0 Å². The average molecular weight is 367 g/mol. The van der Waals surface area contributed by atoms with E-state index < -0.39 is 14.3 Å². The Labute approximate surface area is 155 Å². The van der Waals surface area contributed by atoms with Crippen molar-refractivity contribution in [2.45, 2.75) is 103 Å². The third kappa shape index (κ3) is 4.57. The van der Waals surface area contributed by atoms with E-state index in [0.717, 1.165) is 12.8 Å². The molecule has 144 valence electrons. The van der Waals surface area contributed by atoms with E-state index in [0.29, 0.717) is 17.4 Å². The number of aliphatic carboxylic acids is 1. The molecule has 0 aromatic rings. The van der Waals surface area contributed by atoms with Gasteiger partial charge in [-0.25, -0.2) is 0 Å². The maximum atomic E-state index is 10.7. The van der Waals surface area contributed by atoms with Crippen LogP contribution in [0, 0.1) is 11.3 Å². The van der Waals surface area contributed by atoms with Crippen LogP contribution in [0.15, 0.2) is 11.6 Å². The fourth-order valence-electron chi connectivity index (χ4n) is 5.29. The Morgan fingerprint density at radius 1 is 1.28 bits per heavy atom. The molecule has 0 aliphatic heterocycles. The molecular formula is C21H38O3Si. The summed E-state index contributed by atoms with van der Waals surface area (Å²) < 4.78 is 6.95. The first kappa shape index (κ1) is 20.7. The zero-order chi connectivity index (χ0) is 18.5. The molecule has 2 saturated carbocycles. The lowest BCUT2D eigenvalue weighted by molar-refractivity contribution is -0.137. The van der Waals surface area contributed by atoms with Crippen molar-refractivity contribution in [1.82, 2.24) is 0 Å². The molecule has 2 aliphatic carbocycles. The summed E-state index contributed by atoms with van der Waals surface area (Å²) in [5.74, 6) is -0.0106. The molecule has 0 aromatic heterocycles. The van der Waals surface area contributed by atoms with Crippen molar-refractivity contribution in [3.05, 3.63) is 11.6 Å². The molecule has 2 fully saturated rings. The van der Waals surface area contributed by atoms with Gasteiger partial charge in [0.1, 0.15) is 0 Å². The molecule has 2 aliphatic rings. The third-order valence-corrected chi connectivity index (χ3v) is 11.9. The molecule has 3 nitrogen and oxygen atoms in total. The minimum absolute atomic E-state index is 0.285. The molecule has 0 spiro atoms. The van der Waals surface area contributed by atoms with Crippen LogP contribution in [-0.4, -0.2) is 25.5 Å². The SMILES string of the molecule is CC[Si](CC)(CC)O[C@H]1CCC[C@]2(C)/C(=C\CCCC(=O)O)CC[C@@H]12. The van der Waals surface area contributed by atoms with E-state index in [-0.39, 0.29) is 6.42 Å². The summed E-state index contributed by atoms with van der Waals surface area (Å²) in [4.78, 5) is 10.7. The van der Waals surface area contributed by atoms with Gasteiger partial charge in [0.05, 0.1) is 0 Å². The maximum Gasteiger partial charge on any atom is 0.303 e. The smallest absolute Gasteiger partial charge is 0.303 e. The number of carbonyl (C=O) groups is 1. The lowest BCUT2D eigenvalue weighted by Gasteiger charge is -2.46. The molecule has 0 unspecified atom stereocenters. The van der Waals surface area contributed by atoms with Crippen molar-refractivity contribution in [3.8, 4) is 0 Å². The highest BCUT2D eigenvalue weighted by Crippen LogP contribution is 2.56. The number of unbranched alkanes of at least 4 members (excludes halogenated alkanes) is 1. The molecule has 0 amide bonds. The number of hydrogen-bond acceptors (Lipinski definition) is 2. The number of carboxylic acid groups (broad SMARTS) is 1. The van der Waals surface area contributed by atoms with E-state index in [2.05, 4.69) is 33.8 Å². The van der Waals surface area contributed by atoms with Gasteiger partial charge < -0.3 is 9.53 Å². The van der Waals surface area contributed by atoms with Gasteiger partial charge in [-0.1, -0.05) is 45.8 Å². The van der Waals surface area contributed by atoms with Crippen LogP contribution in [0.5, 0.6) is 0 Å². The standard InChI is InChI=1S/C21H38O3Si/c1-5-25(6-2,7-3)24-19-12-10-16-21(4)17(14-15-18(19)21)11-8-9-13-20(22)23/h11,18-19H,5-10,12-16H2,1-4H3,(H,22,23)/b17-11-/t18-,19-,21+/m0/s1. The Kier molecular flexibility index (Phi) is 7.33. The van der Waals surface area contributed by atoms with Crippen LogP contribution in [0.25, 0.3) is 0 Å². The number of carboxylic acids is 1. The van der Waals surface area contributed by atoms with E-state index >= 15 is 0 Å². The van der Waals surface area contributed by atoms with E-state index in [4.69, 9.17) is 9.53 Å². The van der Waals surface area contributed by atoms with E-state index in [1.165, 1.54) is 50.2 Å². The van der Waals surface area contributed by atoms with Crippen LogP contribution in [0.4, 0.5) is 0 Å². The van der Waals surface area contributed by atoms with Crippen LogP contribution in [-0.2, 0) is 9.22 Å². The van der Waals surface area contributed by atoms with Crippen molar-refractivity contribution in [1.29, 1.82) is 0 Å². The Hall–Kier alpha value is -0.613. The van der Waals surface area contributed by atoms with E-state index in [9.17, 15) is 4.79 Å². The van der Waals surface area contributed by atoms with Gasteiger partial charge >= 0.3 is 5.97 Å². The first-order chi connectivity index (χ1) is 11.9. The molecule has 2 rings (SSSR count). The monoisotopic (exact) mass is 366 g/mol. The Morgan fingerprint density at radius 2 is 1.96 bits per heavy atom. The highest BCUT2D eigenvalue weighted by atomic mass is 28.4. The zero-order valence-electron chi connectivity index (χ0n) is 16.8. The molecule has 1 N–H and O–H groups in total. The molecule has 0 heterocycles.